The Kier molecular flexibility index (Phi) is 8.94. The van der Waals surface area contributed by atoms with Gasteiger partial charge in [0, 0.05) is 30.7 Å². The number of hydrogen-bond donors (Lipinski definition) is 1. The van der Waals surface area contributed by atoms with Crippen molar-refractivity contribution in [2.45, 2.75) is 38.3 Å². The number of alkyl halides is 3. The van der Waals surface area contributed by atoms with E-state index in [2.05, 4.69) is 15.9 Å². The maximum atomic E-state index is 13.0. The summed E-state index contributed by atoms with van der Waals surface area (Å²) in [5.41, 5.74) is 0.921. The van der Waals surface area contributed by atoms with E-state index in [9.17, 15) is 26.4 Å². The van der Waals surface area contributed by atoms with Gasteiger partial charge in [-0.2, -0.15) is 17.5 Å². The second-order valence-corrected chi connectivity index (χ2v) is 10.0. The topological polar surface area (TPSA) is 77.9 Å². The van der Waals surface area contributed by atoms with E-state index in [1.807, 2.05) is 18.7 Å². The summed E-state index contributed by atoms with van der Waals surface area (Å²) >= 11 is 3.18. The first-order valence-electron chi connectivity index (χ1n) is 10.3. The van der Waals surface area contributed by atoms with Crippen molar-refractivity contribution in [3.8, 4) is 0 Å². The van der Waals surface area contributed by atoms with Gasteiger partial charge in [-0.15, -0.1) is 0 Å². The van der Waals surface area contributed by atoms with Gasteiger partial charge < -0.3 is 10.0 Å². The van der Waals surface area contributed by atoms with Crippen molar-refractivity contribution in [1.82, 2.24) is 4.31 Å². The molecule has 2 aromatic carbocycles. The number of carboxylic acid groups (broad SMARTS) is 1. The van der Waals surface area contributed by atoms with Gasteiger partial charge >= 0.3 is 12.1 Å². The normalized spacial score (nSPS) is 15.1. The van der Waals surface area contributed by atoms with Crippen molar-refractivity contribution in [2.24, 2.45) is 0 Å². The second-order valence-electron chi connectivity index (χ2n) is 7.21. The van der Waals surface area contributed by atoms with E-state index in [-0.39, 0.29) is 28.9 Å². The van der Waals surface area contributed by atoms with Crippen LogP contribution in [-0.4, -0.2) is 50.0 Å². The van der Waals surface area contributed by atoms with Gasteiger partial charge in [-0.25, -0.2) is 8.42 Å². The van der Waals surface area contributed by atoms with E-state index >= 15 is 0 Å². The van der Waals surface area contributed by atoms with E-state index in [0.717, 1.165) is 12.1 Å². The highest BCUT2D eigenvalue weighted by Gasteiger charge is 2.33. The van der Waals surface area contributed by atoms with E-state index in [0.29, 0.717) is 29.9 Å². The fourth-order valence-electron chi connectivity index (χ4n) is 3.42. The molecule has 1 aliphatic heterocycles. The maximum absolute atomic E-state index is 13.0. The van der Waals surface area contributed by atoms with Gasteiger partial charge in [0.1, 0.15) is 0 Å². The highest BCUT2D eigenvalue weighted by Crippen LogP contribution is 2.36. The number of hydrogen-bond acceptors (Lipinski definition) is 4. The molecule has 0 bridgehead atoms. The third-order valence-electron chi connectivity index (χ3n) is 5.15. The summed E-state index contributed by atoms with van der Waals surface area (Å²) < 4.78 is 66.2. The zero-order valence-corrected chi connectivity index (χ0v) is 20.9. The Bertz CT molecular complexity index is 1100. The predicted molar refractivity (Wildman–Crippen MR) is 124 cm³/mol. The number of sulfonamides is 1. The molecule has 2 aromatic rings. The quantitative estimate of drug-likeness (QED) is 0.570. The molecule has 0 saturated carbocycles. The molecule has 0 atom stereocenters. The number of aryl methyl sites for hydroxylation is 1. The Hall–Kier alpha value is -2.11. The molecule has 0 aromatic heterocycles. The average Bonchev–Trinajstić information content (AvgIpc) is 2.75. The Balaban J connectivity index is 0.00000187. The summed E-state index contributed by atoms with van der Waals surface area (Å²) in [5, 5.41) is 9.02. The van der Waals surface area contributed by atoms with E-state index in [1.54, 1.807) is 13.0 Å². The Morgan fingerprint density at radius 3 is 2.18 bits per heavy atom. The number of nitrogens with zero attached hydrogens (tertiary/aromatic N) is 2. The minimum absolute atomic E-state index is 0.0264. The Morgan fingerprint density at radius 2 is 1.67 bits per heavy atom. The van der Waals surface area contributed by atoms with Crippen LogP contribution >= 0.6 is 15.9 Å². The van der Waals surface area contributed by atoms with Crippen LogP contribution in [0.3, 0.4) is 0 Å². The average molecular weight is 551 g/mol. The predicted octanol–water partition coefficient (Wildman–Crippen LogP) is 4.94. The lowest BCUT2D eigenvalue weighted by molar-refractivity contribution is -0.138. The summed E-state index contributed by atoms with van der Waals surface area (Å²) in [7, 11) is -3.83. The van der Waals surface area contributed by atoms with Gasteiger partial charge in [0.2, 0.25) is 10.0 Å². The molecule has 1 N–H and O–H groups in total. The van der Waals surface area contributed by atoms with Crippen LogP contribution in [0.25, 0.3) is 0 Å². The molecule has 6 nitrogen and oxygen atoms in total. The van der Waals surface area contributed by atoms with Crippen LogP contribution in [0.1, 0.15) is 30.5 Å². The van der Waals surface area contributed by atoms with Gasteiger partial charge in [-0.3, -0.25) is 4.79 Å². The van der Waals surface area contributed by atoms with Crippen molar-refractivity contribution >= 4 is 37.6 Å². The summed E-state index contributed by atoms with van der Waals surface area (Å²) in [6.07, 6.45) is -4.72. The van der Waals surface area contributed by atoms with Crippen molar-refractivity contribution in [1.29, 1.82) is 0 Å². The van der Waals surface area contributed by atoms with Crippen molar-refractivity contribution in [3.05, 3.63) is 57.6 Å². The fourth-order valence-corrected chi connectivity index (χ4v) is 5.52. The number of piperazine rings is 1. The SMILES string of the molecule is CC.Cc1ccc(S(=O)(=O)N2CCN(c3ccc(C(F)(F)F)cc3Br)CC2)cc1CC(=O)O. The number of halogens is 4. The first-order chi connectivity index (χ1) is 15.4. The van der Waals surface area contributed by atoms with Crippen LogP contribution in [0.5, 0.6) is 0 Å². The third kappa shape index (κ3) is 6.48. The number of carboxylic acids is 1. The van der Waals surface area contributed by atoms with Crippen LogP contribution in [0.4, 0.5) is 18.9 Å². The number of carbonyl (C=O) groups is 1. The van der Waals surface area contributed by atoms with Crippen molar-refractivity contribution < 1.29 is 31.5 Å². The first-order valence-corrected chi connectivity index (χ1v) is 12.6. The van der Waals surface area contributed by atoms with Gasteiger partial charge in [0.15, 0.2) is 0 Å². The molecule has 1 heterocycles. The number of aliphatic carboxylic acids is 1. The standard InChI is InChI=1S/C20H20BrF3N2O4S.C2H6/c1-13-2-4-16(10-14(13)11-19(27)28)31(29,30)26-8-6-25(7-9-26)18-5-3-15(12-17(18)21)20(22,23)24;1-2/h2-5,10,12H,6-9,11H2,1H3,(H,27,28);1-2H3. The molecule has 1 saturated heterocycles. The Morgan fingerprint density at radius 1 is 1.06 bits per heavy atom. The van der Waals surface area contributed by atoms with Crippen LogP contribution in [0.2, 0.25) is 0 Å². The lowest BCUT2D eigenvalue weighted by Gasteiger charge is -2.36. The van der Waals surface area contributed by atoms with E-state index in [4.69, 9.17) is 5.11 Å². The number of rotatable bonds is 5. The molecule has 33 heavy (non-hydrogen) atoms. The van der Waals surface area contributed by atoms with Crippen LogP contribution in [0.15, 0.2) is 45.8 Å². The highest BCUT2D eigenvalue weighted by atomic mass is 79.9. The Labute approximate surface area is 200 Å². The minimum Gasteiger partial charge on any atom is -0.481 e. The molecule has 1 fully saturated rings. The van der Waals surface area contributed by atoms with Gasteiger partial charge in [0.25, 0.3) is 0 Å². The number of anilines is 1. The largest absolute Gasteiger partial charge is 0.481 e. The molecule has 3 rings (SSSR count). The van der Waals surface area contributed by atoms with Crippen molar-refractivity contribution in [2.75, 3.05) is 31.1 Å². The molecular weight excluding hydrogens is 525 g/mol. The van der Waals surface area contributed by atoms with Gasteiger partial charge in [0.05, 0.1) is 22.6 Å². The smallest absolute Gasteiger partial charge is 0.416 e. The van der Waals surface area contributed by atoms with Crippen LogP contribution < -0.4 is 4.90 Å². The molecule has 182 valence electrons. The lowest BCUT2D eigenvalue weighted by atomic mass is 10.1. The van der Waals surface area contributed by atoms with Crippen molar-refractivity contribution in [3.63, 3.8) is 0 Å². The third-order valence-corrected chi connectivity index (χ3v) is 7.68. The van der Waals surface area contributed by atoms with E-state index in [1.165, 1.54) is 22.5 Å². The molecular formula is C22H26BrF3N2O4S. The number of benzene rings is 2. The monoisotopic (exact) mass is 550 g/mol. The summed E-state index contributed by atoms with van der Waals surface area (Å²) in [4.78, 5) is 12.9. The summed E-state index contributed by atoms with van der Waals surface area (Å²) in [6.45, 7) is 6.62. The van der Waals surface area contributed by atoms with E-state index < -0.39 is 27.7 Å². The zero-order valence-electron chi connectivity index (χ0n) is 18.5. The summed E-state index contributed by atoms with van der Waals surface area (Å²) in [6, 6.07) is 7.80. The van der Waals surface area contributed by atoms with Crippen LogP contribution in [0, 0.1) is 6.92 Å². The lowest BCUT2D eigenvalue weighted by Crippen LogP contribution is -2.48. The molecule has 0 aliphatic carbocycles. The molecule has 1 aliphatic rings. The molecule has 0 spiro atoms. The maximum Gasteiger partial charge on any atom is 0.416 e. The molecule has 0 unspecified atom stereocenters. The molecule has 0 amide bonds. The van der Waals surface area contributed by atoms with Crippen LogP contribution in [-0.2, 0) is 27.4 Å². The molecule has 0 radical (unpaired) electrons. The fraction of sp³-hybridized carbons (Fsp3) is 0.409. The first kappa shape index (κ1) is 27.1. The minimum atomic E-state index is -4.44. The van der Waals surface area contributed by atoms with Gasteiger partial charge in [-0.1, -0.05) is 19.9 Å². The zero-order chi connectivity index (χ0) is 25.0. The highest BCUT2D eigenvalue weighted by molar-refractivity contribution is 9.10. The summed E-state index contributed by atoms with van der Waals surface area (Å²) in [5.74, 6) is -1.05. The second kappa shape index (κ2) is 10.9. The molecule has 11 heteroatoms. The van der Waals surface area contributed by atoms with Gasteiger partial charge in [-0.05, 0) is 64.3 Å².